The van der Waals surface area contributed by atoms with Crippen LogP contribution in [0.15, 0.2) is 42.5 Å². The zero-order valence-corrected chi connectivity index (χ0v) is 10.1. The van der Waals surface area contributed by atoms with Crippen molar-refractivity contribution in [2.75, 3.05) is 0 Å². The van der Waals surface area contributed by atoms with Crippen molar-refractivity contribution < 1.29 is 19.4 Å². The third-order valence-electron chi connectivity index (χ3n) is 3.15. The Balaban J connectivity index is 1.93. The highest BCUT2D eigenvalue weighted by Crippen LogP contribution is 2.46. The Morgan fingerprint density at radius 1 is 1.28 bits per heavy atom. The molecule has 0 unspecified atom stereocenters. The molecule has 1 aromatic carbocycles. The predicted molar refractivity (Wildman–Crippen MR) is 63.9 cm³/mol. The molecule has 0 aromatic heterocycles. The molecule has 1 N–H and O–H groups in total. The number of hydrogen-bond donors (Lipinski definition) is 1. The van der Waals surface area contributed by atoms with Crippen LogP contribution in [0.1, 0.15) is 11.7 Å². The van der Waals surface area contributed by atoms with Gasteiger partial charge < -0.3 is 14.6 Å². The molecule has 2 heterocycles. The number of alkyl halides is 1. The highest BCUT2D eigenvalue weighted by molar-refractivity contribution is 6.22. The molecule has 0 aliphatic carbocycles. The van der Waals surface area contributed by atoms with Crippen molar-refractivity contribution in [3.8, 4) is 0 Å². The normalized spacial score (nSPS) is 38.3. The molecule has 0 saturated carbocycles. The standard InChI is InChI=1S/C13H11ClO4/c14-12-10(16)11(8-4-2-1-3-5-8)18-13(12)7-6-9(15)17-13/h1-7,10-12,16H/t10-,11-,12+,13+/m1/s1. The fourth-order valence-electron chi connectivity index (χ4n) is 2.25. The SMILES string of the molecule is O=C1C=C[C@]2(O1)O[C@H](c1ccccc1)[C@@H](O)[C@@H]2Cl. The summed E-state index contributed by atoms with van der Waals surface area (Å²) in [5, 5.41) is 9.31. The van der Waals surface area contributed by atoms with Gasteiger partial charge in [-0.2, -0.15) is 0 Å². The van der Waals surface area contributed by atoms with Gasteiger partial charge >= 0.3 is 5.97 Å². The Morgan fingerprint density at radius 2 is 2.00 bits per heavy atom. The molecule has 3 rings (SSSR count). The van der Waals surface area contributed by atoms with Crippen LogP contribution in [0.4, 0.5) is 0 Å². The first-order valence-electron chi connectivity index (χ1n) is 5.59. The summed E-state index contributed by atoms with van der Waals surface area (Å²) in [6.45, 7) is 0. The summed E-state index contributed by atoms with van der Waals surface area (Å²) in [7, 11) is 0. The van der Waals surface area contributed by atoms with Crippen LogP contribution < -0.4 is 0 Å². The fourth-order valence-corrected chi connectivity index (χ4v) is 2.55. The van der Waals surface area contributed by atoms with Crippen LogP contribution in [0.25, 0.3) is 0 Å². The fraction of sp³-hybridized carbons (Fsp3) is 0.308. The number of halogens is 1. The molecule has 1 saturated heterocycles. The van der Waals surface area contributed by atoms with E-state index >= 15 is 0 Å². The molecule has 4 nitrogen and oxygen atoms in total. The number of esters is 1. The summed E-state index contributed by atoms with van der Waals surface area (Å²) in [5.74, 6) is -1.86. The smallest absolute Gasteiger partial charge is 0.333 e. The Kier molecular flexibility index (Phi) is 2.66. The summed E-state index contributed by atoms with van der Waals surface area (Å²) in [4.78, 5) is 11.2. The monoisotopic (exact) mass is 266 g/mol. The van der Waals surface area contributed by atoms with Crippen molar-refractivity contribution in [3.05, 3.63) is 48.0 Å². The van der Waals surface area contributed by atoms with Gasteiger partial charge in [0, 0.05) is 6.08 Å². The maximum Gasteiger partial charge on any atom is 0.333 e. The molecule has 0 radical (unpaired) electrons. The highest BCUT2D eigenvalue weighted by Gasteiger charge is 2.57. The van der Waals surface area contributed by atoms with E-state index in [1.54, 1.807) is 0 Å². The second kappa shape index (κ2) is 4.09. The summed E-state index contributed by atoms with van der Waals surface area (Å²) in [6, 6.07) is 9.22. The van der Waals surface area contributed by atoms with E-state index in [1.165, 1.54) is 12.2 Å². The van der Waals surface area contributed by atoms with Gasteiger partial charge in [-0.25, -0.2) is 4.79 Å². The summed E-state index contributed by atoms with van der Waals surface area (Å²) < 4.78 is 10.8. The van der Waals surface area contributed by atoms with Gasteiger partial charge in [0.05, 0.1) is 0 Å². The molecule has 1 spiro atoms. The number of aliphatic hydroxyl groups is 1. The largest absolute Gasteiger partial charge is 0.424 e. The topological polar surface area (TPSA) is 55.8 Å². The van der Waals surface area contributed by atoms with Crippen molar-refractivity contribution in [2.45, 2.75) is 23.4 Å². The lowest BCUT2D eigenvalue weighted by atomic mass is 10.0. The van der Waals surface area contributed by atoms with E-state index in [-0.39, 0.29) is 0 Å². The third-order valence-corrected chi connectivity index (χ3v) is 3.71. The van der Waals surface area contributed by atoms with E-state index in [2.05, 4.69) is 0 Å². The van der Waals surface area contributed by atoms with Crippen LogP contribution in [-0.2, 0) is 14.3 Å². The molecule has 1 fully saturated rings. The average Bonchev–Trinajstić information content (AvgIpc) is 2.88. The molecule has 1 aromatic rings. The molecule has 2 aliphatic heterocycles. The predicted octanol–water partition coefficient (Wildman–Crippen LogP) is 1.54. The molecule has 0 bridgehead atoms. The average molecular weight is 267 g/mol. The molecular formula is C13H11ClO4. The van der Waals surface area contributed by atoms with Crippen LogP contribution in [0.2, 0.25) is 0 Å². The summed E-state index contributed by atoms with van der Waals surface area (Å²) in [5.41, 5.74) is 0.795. The highest BCUT2D eigenvalue weighted by atomic mass is 35.5. The quantitative estimate of drug-likeness (QED) is 0.619. The number of carbonyl (C=O) groups is 1. The van der Waals surface area contributed by atoms with Gasteiger partial charge in [-0.1, -0.05) is 30.3 Å². The van der Waals surface area contributed by atoms with Crippen LogP contribution in [0.3, 0.4) is 0 Å². The Morgan fingerprint density at radius 3 is 2.61 bits per heavy atom. The molecule has 0 amide bonds. The van der Waals surface area contributed by atoms with Crippen LogP contribution in [-0.4, -0.2) is 28.3 Å². The van der Waals surface area contributed by atoms with Crippen molar-refractivity contribution in [1.82, 2.24) is 0 Å². The number of carbonyl (C=O) groups excluding carboxylic acids is 1. The first-order valence-corrected chi connectivity index (χ1v) is 6.03. The van der Waals surface area contributed by atoms with E-state index in [4.69, 9.17) is 21.1 Å². The van der Waals surface area contributed by atoms with Gasteiger partial charge in [-0.3, -0.25) is 0 Å². The number of rotatable bonds is 1. The van der Waals surface area contributed by atoms with Gasteiger partial charge in [-0.15, -0.1) is 11.6 Å². The van der Waals surface area contributed by atoms with Gasteiger partial charge in [0.25, 0.3) is 5.79 Å². The molecule has 4 atom stereocenters. The molecule has 2 aliphatic rings. The van der Waals surface area contributed by atoms with Crippen LogP contribution >= 0.6 is 11.6 Å². The molecule has 5 heteroatoms. The minimum absolute atomic E-state index is 0.512. The third kappa shape index (κ3) is 1.65. The maximum atomic E-state index is 11.2. The van der Waals surface area contributed by atoms with E-state index < -0.39 is 29.3 Å². The summed E-state index contributed by atoms with van der Waals surface area (Å²) >= 11 is 6.13. The zero-order valence-electron chi connectivity index (χ0n) is 9.32. The van der Waals surface area contributed by atoms with Crippen molar-refractivity contribution >= 4 is 17.6 Å². The molecule has 18 heavy (non-hydrogen) atoms. The first-order chi connectivity index (χ1) is 8.62. The first kappa shape index (κ1) is 11.7. The Bertz CT molecular complexity index is 501. The number of benzene rings is 1. The van der Waals surface area contributed by atoms with Crippen molar-refractivity contribution in [2.24, 2.45) is 0 Å². The second-order valence-electron chi connectivity index (χ2n) is 4.32. The lowest BCUT2D eigenvalue weighted by Crippen LogP contribution is -2.38. The van der Waals surface area contributed by atoms with Crippen LogP contribution in [0, 0.1) is 0 Å². The van der Waals surface area contributed by atoms with Gasteiger partial charge in [-0.05, 0) is 11.6 Å². The minimum Gasteiger partial charge on any atom is -0.424 e. The van der Waals surface area contributed by atoms with Crippen molar-refractivity contribution in [3.63, 3.8) is 0 Å². The maximum absolute atomic E-state index is 11.2. The van der Waals surface area contributed by atoms with Gasteiger partial charge in [0.1, 0.15) is 17.6 Å². The Labute approximate surface area is 109 Å². The Hall–Kier alpha value is -1.36. The van der Waals surface area contributed by atoms with E-state index in [1.807, 2.05) is 30.3 Å². The summed E-state index contributed by atoms with van der Waals surface area (Å²) in [6.07, 6.45) is 1.17. The molecule has 94 valence electrons. The number of aliphatic hydroxyl groups excluding tert-OH is 1. The molecular weight excluding hydrogens is 256 g/mol. The number of hydrogen-bond acceptors (Lipinski definition) is 4. The lowest BCUT2D eigenvalue weighted by molar-refractivity contribution is -0.192. The lowest BCUT2D eigenvalue weighted by Gasteiger charge is -2.23. The van der Waals surface area contributed by atoms with Crippen molar-refractivity contribution in [1.29, 1.82) is 0 Å². The van der Waals surface area contributed by atoms with Crippen LogP contribution in [0.5, 0.6) is 0 Å². The van der Waals surface area contributed by atoms with E-state index in [9.17, 15) is 9.90 Å². The number of ether oxygens (including phenoxy) is 2. The zero-order chi connectivity index (χ0) is 12.8. The van der Waals surface area contributed by atoms with E-state index in [0.717, 1.165) is 5.56 Å². The minimum atomic E-state index is -1.35. The van der Waals surface area contributed by atoms with Gasteiger partial charge in [0.15, 0.2) is 0 Å². The van der Waals surface area contributed by atoms with Gasteiger partial charge in [0.2, 0.25) is 0 Å². The second-order valence-corrected chi connectivity index (χ2v) is 4.79. The van der Waals surface area contributed by atoms with E-state index in [0.29, 0.717) is 0 Å².